The van der Waals surface area contributed by atoms with Crippen LogP contribution in [-0.2, 0) is 0 Å². The number of nitrogens with one attached hydrogen (secondary N) is 1. The van der Waals surface area contributed by atoms with E-state index < -0.39 is 0 Å². The molecule has 0 saturated heterocycles. The van der Waals surface area contributed by atoms with Gasteiger partial charge in [0.15, 0.2) is 0 Å². The lowest BCUT2D eigenvalue weighted by Gasteiger charge is -2.24. The summed E-state index contributed by atoms with van der Waals surface area (Å²) in [5.74, 6) is 0. The maximum absolute atomic E-state index is 3.84. The van der Waals surface area contributed by atoms with Gasteiger partial charge in [0.05, 0.1) is 0 Å². The van der Waals surface area contributed by atoms with Gasteiger partial charge in [0.25, 0.3) is 0 Å². The summed E-state index contributed by atoms with van der Waals surface area (Å²) in [7, 11) is 0. The van der Waals surface area contributed by atoms with E-state index in [1.165, 1.54) is 23.3 Å². The van der Waals surface area contributed by atoms with Crippen LogP contribution in [0.1, 0.15) is 55.6 Å². The molecule has 0 bridgehead atoms. The van der Waals surface area contributed by atoms with Gasteiger partial charge in [-0.05, 0) is 42.0 Å². The number of halogens is 1. The minimum absolute atomic E-state index is 0.418. The van der Waals surface area contributed by atoms with E-state index in [1.54, 1.807) is 0 Å². The fourth-order valence-corrected chi connectivity index (χ4v) is 3.56. The van der Waals surface area contributed by atoms with Crippen molar-refractivity contribution >= 4 is 27.3 Å². The Morgan fingerprint density at radius 3 is 2.40 bits per heavy atom. The molecular weight excluding hydrogens is 330 g/mol. The highest BCUT2D eigenvalue weighted by molar-refractivity contribution is 9.10. The number of hydrogen-bond acceptors (Lipinski definition) is 2. The lowest BCUT2D eigenvalue weighted by molar-refractivity contribution is 0.417. The van der Waals surface area contributed by atoms with E-state index in [4.69, 9.17) is 0 Å². The zero-order valence-corrected chi connectivity index (χ0v) is 14.5. The van der Waals surface area contributed by atoms with Gasteiger partial charge in [-0.3, -0.25) is 0 Å². The summed E-state index contributed by atoms with van der Waals surface area (Å²) < 4.78 is 1.14. The van der Waals surface area contributed by atoms with Gasteiger partial charge in [-0.15, -0.1) is 11.3 Å². The van der Waals surface area contributed by atoms with Gasteiger partial charge in [0.1, 0.15) is 0 Å². The molecule has 3 heteroatoms. The van der Waals surface area contributed by atoms with Crippen LogP contribution in [0.3, 0.4) is 0 Å². The van der Waals surface area contributed by atoms with Crippen molar-refractivity contribution in [1.29, 1.82) is 0 Å². The number of thiophene rings is 1. The molecule has 0 aliphatic rings. The molecule has 0 aliphatic heterocycles. The summed E-state index contributed by atoms with van der Waals surface area (Å²) in [6, 6.07) is 13.9. The molecule has 0 fully saturated rings. The zero-order valence-electron chi connectivity index (χ0n) is 12.1. The summed E-state index contributed by atoms with van der Waals surface area (Å²) in [6.07, 6.45) is 3.49. The minimum Gasteiger partial charge on any atom is -0.302 e. The van der Waals surface area contributed by atoms with Crippen molar-refractivity contribution in [2.24, 2.45) is 0 Å². The van der Waals surface area contributed by atoms with E-state index in [0.717, 1.165) is 10.9 Å². The average molecular weight is 352 g/mol. The summed E-state index contributed by atoms with van der Waals surface area (Å²) in [5.41, 5.74) is 1.37. The van der Waals surface area contributed by atoms with Crippen molar-refractivity contribution in [3.8, 4) is 0 Å². The summed E-state index contributed by atoms with van der Waals surface area (Å²) in [4.78, 5) is 1.45. The number of hydrogen-bond donors (Lipinski definition) is 1. The average Bonchev–Trinajstić information content (AvgIpc) is 2.99. The Labute approximate surface area is 134 Å². The van der Waals surface area contributed by atoms with E-state index in [2.05, 4.69) is 76.9 Å². The molecule has 0 radical (unpaired) electrons. The van der Waals surface area contributed by atoms with Gasteiger partial charge in [0.2, 0.25) is 0 Å². The van der Waals surface area contributed by atoms with Crippen LogP contribution in [-0.4, -0.2) is 0 Å². The molecule has 1 aromatic heterocycles. The van der Waals surface area contributed by atoms with E-state index in [9.17, 15) is 0 Å². The molecule has 0 amide bonds. The van der Waals surface area contributed by atoms with Crippen molar-refractivity contribution in [3.63, 3.8) is 0 Å². The Bertz CT molecular complexity index is 492. The summed E-state index contributed by atoms with van der Waals surface area (Å²) in [5, 5.41) is 6.00. The first-order valence-electron chi connectivity index (χ1n) is 7.29. The number of rotatable bonds is 7. The molecule has 2 aromatic rings. The van der Waals surface area contributed by atoms with Crippen LogP contribution in [0.15, 0.2) is 46.3 Å². The molecule has 2 atom stereocenters. The maximum atomic E-state index is 3.84. The van der Waals surface area contributed by atoms with E-state index in [1.807, 2.05) is 11.3 Å². The van der Waals surface area contributed by atoms with Crippen molar-refractivity contribution in [3.05, 3.63) is 56.7 Å². The Kier molecular flexibility index (Phi) is 6.27. The summed E-state index contributed by atoms with van der Waals surface area (Å²) in [6.45, 7) is 4.50. The van der Waals surface area contributed by atoms with Crippen LogP contribution < -0.4 is 5.32 Å². The molecule has 108 valence electrons. The van der Waals surface area contributed by atoms with Gasteiger partial charge in [-0.25, -0.2) is 0 Å². The molecule has 2 rings (SSSR count). The molecule has 1 heterocycles. The fraction of sp³-hybridized carbons (Fsp3) is 0.412. The van der Waals surface area contributed by atoms with Gasteiger partial charge in [-0.2, -0.15) is 0 Å². The van der Waals surface area contributed by atoms with Crippen LogP contribution in [0.5, 0.6) is 0 Å². The predicted octanol–water partition coefficient (Wildman–Crippen LogP) is 6.09. The Morgan fingerprint density at radius 2 is 1.85 bits per heavy atom. The van der Waals surface area contributed by atoms with E-state index >= 15 is 0 Å². The first-order valence-corrected chi connectivity index (χ1v) is 8.96. The normalized spacial score (nSPS) is 14.2. The smallest absolute Gasteiger partial charge is 0.0419 e. The number of benzene rings is 1. The third-order valence-corrected chi connectivity index (χ3v) is 5.06. The van der Waals surface area contributed by atoms with Crippen LogP contribution in [0, 0.1) is 0 Å². The van der Waals surface area contributed by atoms with Gasteiger partial charge >= 0.3 is 0 Å². The molecule has 0 spiro atoms. The highest BCUT2D eigenvalue weighted by Gasteiger charge is 2.17. The standard InChI is InChI=1S/C17H22BrNS/c1-3-6-16(17-7-5-12-20-17)19-15(4-2)13-8-10-14(18)11-9-13/h5,7-12,15-16,19H,3-4,6H2,1-2H3. The van der Waals surface area contributed by atoms with Crippen LogP contribution in [0.4, 0.5) is 0 Å². The second-order valence-electron chi connectivity index (χ2n) is 5.04. The summed E-state index contributed by atoms with van der Waals surface area (Å²) >= 11 is 5.36. The second kappa shape index (κ2) is 7.96. The van der Waals surface area contributed by atoms with Crippen molar-refractivity contribution in [1.82, 2.24) is 5.32 Å². The van der Waals surface area contributed by atoms with Crippen LogP contribution in [0.25, 0.3) is 0 Å². The third-order valence-electron chi connectivity index (χ3n) is 3.55. The van der Waals surface area contributed by atoms with Gasteiger partial charge in [0, 0.05) is 21.4 Å². The third kappa shape index (κ3) is 4.18. The molecule has 0 saturated carbocycles. The first-order chi connectivity index (χ1) is 9.74. The lowest BCUT2D eigenvalue weighted by Crippen LogP contribution is -2.25. The van der Waals surface area contributed by atoms with Crippen LogP contribution in [0.2, 0.25) is 0 Å². The largest absolute Gasteiger partial charge is 0.302 e. The molecule has 1 nitrogen and oxygen atoms in total. The van der Waals surface area contributed by atoms with Gasteiger partial charge in [-0.1, -0.05) is 54.4 Å². The second-order valence-corrected chi connectivity index (χ2v) is 6.93. The highest BCUT2D eigenvalue weighted by atomic mass is 79.9. The predicted molar refractivity (Wildman–Crippen MR) is 92.3 cm³/mol. The molecule has 2 unspecified atom stereocenters. The molecule has 1 aromatic carbocycles. The minimum atomic E-state index is 0.418. The highest BCUT2D eigenvalue weighted by Crippen LogP contribution is 2.28. The van der Waals surface area contributed by atoms with Crippen molar-refractivity contribution in [2.75, 3.05) is 0 Å². The Balaban J connectivity index is 2.12. The zero-order chi connectivity index (χ0) is 14.4. The molecule has 1 N–H and O–H groups in total. The Hall–Kier alpha value is -0.640. The fourth-order valence-electron chi connectivity index (χ4n) is 2.47. The monoisotopic (exact) mass is 351 g/mol. The molecular formula is C17H22BrNS. The van der Waals surface area contributed by atoms with Crippen molar-refractivity contribution < 1.29 is 0 Å². The topological polar surface area (TPSA) is 12.0 Å². The SMILES string of the molecule is CCCC(NC(CC)c1ccc(Br)cc1)c1cccs1. The van der Waals surface area contributed by atoms with Crippen LogP contribution >= 0.6 is 27.3 Å². The van der Waals surface area contributed by atoms with E-state index in [0.29, 0.717) is 12.1 Å². The molecule has 20 heavy (non-hydrogen) atoms. The quantitative estimate of drug-likeness (QED) is 0.635. The maximum Gasteiger partial charge on any atom is 0.0419 e. The van der Waals surface area contributed by atoms with Gasteiger partial charge < -0.3 is 5.32 Å². The van der Waals surface area contributed by atoms with E-state index in [-0.39, 0.29) is 0 Å². The first kappa shape index (κ1) is 15.7. The Morgan fingerprint density at radius 1 is 1.10 bits per heavy atom. The molecule has 0 aliphatic carbocycles. The van der Waals surface area contributed by atoms with Crippen molar-refractivity contribution in [2.45, 2.75) is 45.2 Å². The lowest BCUT2D eigenvalue weighted by atomic mass is 10.0.